The van der Waals surface area contributed by atoms with E-state index < -0.39 is 0 Å². The van der Waals surface area contributed by atoms with Gasteiger partial charge in [-0.15, -0.1) is 11.3 Å². The molecule has 138 valence electrons. The molecule has 8 heteroatoms. The smallest absolute Gasteiger partial charge is 0.230 e. The van der Waals surface area contributed by atoms with Crippen molar-refractivity contribution in [3.8, 4) is 0 Å². The Labute approximate surface area is 156 Å². The molecule has 2 aromatic rings. The van der Waals surface area contributed by atoms with E-state index in [2.05, 4.69) is 15.4 Å². The van der Waals surface area contributed by atoms with Gasteiger partial charge < -0.3 is 10.2 Å². The molecule has 0 bridgehead atoms. The fraction of sp³-hybridized carbons (Fsp3) is 0.556. The van der Waals surface area contributed by atoms with Crippen LogP contribution in [-0.2, 0) is 23.1 Å². The lowest BCUT2D eigenvalue weighted by atomic mass is 9.85. The molecule has 1 saturated heterocycles. The fourth-order valence-corrected chi connectivity index (χ4v) is 4.60. The molecule has 1 N–H and O–H groups in total. The lowest BCUT2D eigenvalue weighted by Gasteiger charge is -2.40. The summed E-state index contributed by atoms with van der Waals surface area (Å²) in [6.45, 7) is 2.03. The molecule has 0 spiro atoms. The van der Waals surface area contributed by atoms with Crippen molar-refractivity contribution >= 4 is 28.2 Å². The number of likely N-dealkylation sites (tertiary alicyclic amines) is 1. The normalized spacial score (nSPS) is 23.3. The number of rotatable bonds is 5. The standard InChI is InChI=1S/C18H23N5O2S/c1-3-13-18(26-10-19-13)21-17(25)12-6-7-15(24)23(11-4-5-11)16(12)14-8-9-20-22(14)2/h8-12,16H,3-7H2,1-2H3,(H,21,25). The van der Waals surface area contributed by atoms with Crippen LogP contribution in [0, 0.1) is 5.92 Å². The predicted octanol–water partition coefficient (Wildman–Crippen LogP) is 2.52. The number of hydrogen-bond donors (Lipinski definition) is 1. The number of anilines is 1. The Balaban J connectivity index is 1.65. The zero-order valence-corrected chi connectivity index (χ0v) is 15.8. The molecule has 2 amide bonds. The third kappa shape index (κ3) is 3.02. The van der Waals surface area contributed by atoms with Crippen LogP contribution >= 0.6 is 11.3 Å². The Hall–Kier alpha value is -2.22. The Bertz CT molecular complexity index is 825. The highest BCUT2D eigenvalue weighted by atomic mass is 32.1. The van der Waals surface area contributed by atoms with E-state index in [-0.39, 0.29) is 29.8 Å². The summed E-state index contributed by atoms with van der Waals surface area (Å²) in [6.07, 6.45) is 5.53. The van der Waals surface area contributed by atoms with Crippen molar-refractivity contribution in [1.29, 1.82) is 0 Å². The van der Waals surface area contributed by atoms with Gasteiger partial charge in [-0.2, -0.15) is 5.10 Å². The van der Waals surface area contributed by atoms with Crippen molar-refractivity contribution in [2.75, 3.05) is 5.32 Å². The lowest BCUT2D eigenvalue weighted by molar-refractivity contribution is -0.143. The van der Waals surface area contributed by atoms with Crippen molar-refractivity contribution in [3.63, 3.8) is 0 Å². The van der Waals surface area contributed by atoms with Gasteiger partial charge in [0.25, 0.3) is 0 Å². The SMILES string of the molecule is CCc1ncsc1NC(=O)C1CCC(=O)N(C2CC2)C1c1ccnn1C. The molecular weight excluding hydrogens is 350 g/mol. The van der Waals surface area contributed by atoms with Crippen LogP contribution in [-0.4, -0.2) is 37.5 Å². The van der Waals surface area contributed by atoms with Crippen LogP contribution in [0.2, 0.25) is 0 Å². The van der Waals surface area contributed by atoms with Crippen molar-refractivity contribution in [3.05, 3.63) is 29.2 Å². The maximum Gasteiger partial charge on any atom is 0.230 e. The zero-order chi connectivity index (χ0) is 18.3. The Morgan fingerprint density at radius 2 is 2.19 bits per heavy atom. The highest BCUT2D eigenvalue weighted by molar-refractivity contribution is 7.14. The summed E-state index contributed by atoms with van der Waals surface area (Å²) in [6, 6.07) is 1.92. The van der Waals surface area contributed by atoms with Crippen LogP contribution in [0.5, 0.6) is 0 Å². The zero-order valence-electron chi connectivity index (χ0n) is 15.0. The molecule has 1 saturated carbocycles. The van der Waals surface area contributed by atoms with E-state index >= 15 is 0 Å². The Morgan fingerprint density at radius 3 is 2.85 bits per heavy atom. The monoisotopic (exact) mass is 373 g/mol. The molecule has 2 atom stereocenters. The van der Waals surface area contributed by atoms with Gasteiger partial charge in [0.2, 0.25) is 11.8 Å². The van der Waals surface area contributed by atoms with E-state index in [1.54, 1.807) is 16.4 Å². The van der Waals surface area contributed by atoms with E-state index in [9.17, 15) is 9.59 Å². The minimum absolute atomic E-state index is 0.0340. The van der Waals surface area contributed by atoms with Gasteiger partial charge in [0.05, 0.1) is 28.9 Å². The van der Waals surface area contributed by atoms with Gasteiger partial charge in [0, 0.05) is 25.7 Å². The van der Waals surface area contributed by atoms with Gasteiger partial charge in [-0.3, -0.25) is 14.3 Å². The number of aromatic nitrogens is 3. The van der Waals surface area contributed by atoms with E-state index in [1.807, 2.05) is 24.9 Å². The Morgan fingerprint density at radius 1 is 1.38 bits per heavy atom. The number of nitrogens with zero attached hydrogens (tertiary/aromatic N) is 4. The highest BCUT2D eigenvalue weighted by Gasteiger charge is 2.47. The van der Waals surface area contributed by atoms with Gasteiger partial charge in [-0.05, 0) is 31.7 Å². The lowest BCUT2D eigenvalue weighted by Crippen LogP contribution is -2.48. The maximum atomic E-state index is 13.1. The summed E-state index contributed by atoms with van der Waals surface area (Å²) in [5.41, 5.74) is 3.59. The molecule has 2 unspecified atom stereocenters. The topological polar surface area (TPSA) is 80.1 Å². The molecule has 0 aromatic carbocycles. The predicted molar refractivity (Wildman–Crippen MR) is 98.7 cm³/mol. The average molecular weight is 373 g/mol. The Kier molecular flexibility index (Phi) is 4.52. The summed E-state index contributed by atoms with van der Waals surface area (Å²) in [5.74, 6) is -0.168. The number of nitrogens with one attached hydrogen (secondary N) is 1. The summed E-state index contributed by atoms with van der Waals surface area (Å²) >= 11 is 1.45. The molecule has 2 aliphatic rings. The van der Waals surface area contributed by atoms with Crippen molar-refractivity contribution in [2.24, 2.45) is 13.0 Å². The largest absolute Gasteiger partial charge is 0.330 e. The molecule has 2 aromatic heterocycles. The summed E-state index contributed by atoms with van der Waals surface area (Å²) < 4.78 is 1.78. The van der Waals surface area contributed by atoms with Crippen molar-refractivity contribution in [1.82, 2.24) is 19.7 Å². The number of thiazole rings is 1. The fourth-order valence-electron chi connectivity index (χ4n) is 3.82. The van der Waals surface area contributed by atoms with Crippen LogP contribution in [0.25, 0.3) is 0 Å². The van der Waals surface area contributed by atoms with Gasteiger partial charge in [-0.1, -0.05) is 6.92 Å². The highest BCUT2D eigenvalue weighted by Crippen LogP contribution is 2.43. The molecular formula is C18H23N5O2S. The summed E-state index contributed by atoms with van der Waals surface area (Å²) in [7, 11) is 1.87. The third-order valence-corrected chi connectivity index (χ3v) is 6.07. The first-order valence-electron chi connectivity index (χ1n) is 9.12. The van der Waals surface area contributed by atoms with Crippen LogP contribution in [0.3, 0.4) is 0 Å². The first-order chi connectivity index (χ1) is 12.6. The van der Waals surface area contributed by atoms with Crippen LogP contribution in [0.4, 0.5) is 5.00 Å². The number of aryl methyl sites for hydroxylation is 2. The van der Waals surface area contributed by atoms with E-state index in [1.165, 1.54) is 11.3 Å². The summed E-state index contributed by atoms with van der Waals surface area (Å²) in [4.78, 5) is 32.0. The minimum Gasteiger partial charge on any atom is -0.330 e. The molecule has 0 radical (unpaired) electrons. The van der Waals surface area contributed by atoms with Gasteiger partial charge in [0.1, 0.15) is 5.00 Å². The van der Waals surface area contributed by atoms with Gasteiger partial charge in [-0.25, -0.2) is 4.98 Å². The number of amides is 2. The average Bonchev–Trinajstić information content (AvgIpc) is 3.21. The molecule has 26 heavy (non-hydrogen) atoms. The molecule has 1 aliphatic carbocycles. The molecule has 1 aliphatic heterocycles. The van der Waals surface area contributed by atoms with Crippen molar-refractivity contribution < 1.29 is 9.59 Å². The van der Waals surface area contributed by atoms with Crippen LogP contribution in [0.1, 0.15) is 50.0 Å². The second kappa shape index (κ2) is 6.83. The molecule has 2 fully saturated rings. The first-order valence-corrected chi connectivity index (χ1v) is 10.0. The van der Waals surface area contributed by atoms with Gasteiger partial charge in [0.15, 0.2) is 0 Å². The maximum absolute atomic E-state index is 13.1. The van der Waals surface area contributed by atoms with E-state index in [4.69, 9.17) is 0 Å². The summed E-state index contributed by atoms with van der Waals surface area (Å²) in [5, 5.41) is 8.15. The molecule has 3 heterocycles. The third-order valence-electron chi connectivity index (χ3n) is 5.29. The first kappa shape index (κ1) is 17.2. The van der Waals surface area contributed by atoms with E-state index in [0.29, 0.717) is 12.8 Å². The van der Waals surface area contributed by atoms with E-state index in [0.717, 1.165) is 35.7 Å². The molecule has 4 rings (SSSR count). The van der Waals surface area contributed by atoms with Crippen molar-refractivity contribution in [2.45, 2.75) is 51.1 Å². The molecule has 7 nitrogen and oxygen atoms in total. The second-order valence-corrected chi connectivity index (χ2v) is 7.83. The van der Waals surface area contributed by atoms with Crippen LogP contribution in [0.15, 0.2) is 17.8 Å². The van der Waals surface area contributed by atoms with Crippen LogP contribution < -0.4 is 5.32 Å². The number of hydrogen-bond acceptors (Lipinski definition) is 5. The number of piperidine rings is 1. The number of carbonyl (C=O) groups is 2. The van der Waals surface area contributed by atoms with Gasteiger partial charge >= 0.3 is 0 Å². The second-order valence-electron chi connectivity index (χ2n) is 6.97. The quantitative estimate of drug-likeness (QED) is 0.873. The number of carbonyl (C=O) groups excluding carboxylic acids is 2. The minimum atomic E-state index is -0.282.